The lowest BCUT2D eigenvalue weighted by molar-refractivity contribution is -0.724. The maximum Gasteiger partial charge on any atom is 0.385 e. The number of H-pyrrole nitrogens is 1. The second-order valence-electron chi connectivity index (χ2n) is 9.48. The number of amides is 2. The number of aromatic nitrogens is 3. The maximum absolute atomic E-state index is 12.7. The Balaban J connectivity index is 1.25. The summed E-state index contributed by atoms with van der Waals surface area (Å²) in [7, 11) is 2.01. The van der Waals surface area contributed by atoms with Crippen LogP contribution in [0.4, 0.5) is 0 Å². The molecule has 1 aliphatic heterocycles. The van der Waals surface area contributed by atoms with Gasteiger partial charge < -0.3 is 15.4 Å². The fourth-order valence-electron chi connectivity index (χ4n) is 4.94. The molecule has 0 bridgehead atoms. The number of benzene rings is 1. The summed E-state index contributed by atoms with van der Waals surface area (Å²) in [4.78, 5) is 34.8. The van der Waals surface area contributed by atoms with Crippen LogP contribution in [0, 0.1) is 0 Å². The van der Waals surface area contributed by atoms with Gasteiger partial charge in [0.25, 0.3) is 5.91 Å². The van der Waals surface area contributed by atoms with Gasteiger partial charge in [-0.1, -0.05) is 18.2 Å². The number of primary amides is 1. The lowest BCUT2D eigenvalue weighted by atomic mass is 10.1. The van der Waals surface area contributed by atoms with Crippen LogP contribution in [0.2, 0.25) is 0 Å². The first kappa shape index (κ1) is 24.5. The fourth-order valence-corrected chi connectivity index (χ4v) is 4.94. The van der Waals surface area contributed by atoms with Gasteiger partial charge in [0.2, 0.25) is 23.5 Å². The Morgan fingerprint density at radius 2 is 2.16 bits per heavy atom. The summed E-state index contributed by atoms with van der Waals surface area (Å²) in [5.74, 6) is -0.560. The molecule has 2 atom stereocenters. The number of carbonyl (C=O) groups is 2. The number of aliphatic hydroxyl groups is 1. The molecule has 3 aromatic rings. The average Bonchev–Trinajstić information content (AvgIpc) is 3.62. The normalized spacial score (nSPS) is 17.9. The Bertz CT molecular complexity index is 1630. The van der Waals surface area contributed by atoms with E-state index in [0.29, 0.717) is 37.9 Å². The van der Waals surface area contributed by atoms with Crippen LogP contribution in [0.5, 0.6) is 0 Å². The van der Waals surface area contributed by atoms with Gasteiger partial charge in [0.15, 0.2) is 5.71 Å². The molecule has 1 unspecified atom stereocenters. The molecule has 10 heteroatoms. The van der Waals surface area contributed by atoms with Crippen LogP contribution in [0.25, 0.3) is 12.2 Å². The lowest BCUT2D eigenvalue weighted by Gasteiger charge is -2.12. The lowest BCUT2D eigenvalue weighted by Crippen LogP contribution is -2.77. The number of aliphatic hydroxyl groups excluding tert-OH is 1. The number of aryl methyl sites for hydroxylation is 1. The molecular weight excluding hydrogens is 470 g/mol. The highest BCUT2D eigenvalue weighted by Crippen LogP contribution is 2.05. The van der Waals surface area contributed by atoms with Crippen molar-refractivity contribution in [2.75, 3.05) is 13.7 Å². The van der Waals surface area contributed by atoms with E-state index in [1.165, 1.54) is 0 Å². The SMILES string of the molecule is C[N+]1=c2ccccc2=NC1CCC(=O)[NH+]=C1C=c2c(ccn2CC[C@@H](CO)[n+]2c[nH]c(C(N)=O)c2)=CC1. The molecule has 0 fully saturated rings. The van der Waals surface area contributed by atoms with Gasteiger partial charge in [-0.2, -0.15) is 4.99 Å². The summed E-state index contributed by atoms with van der Waals surface area (Å²) in [5, 5.41) is 14.1. The van der Waals surface area contributed by atoms with Crippen molar-refractivity contribution < 1.29 is 24.3 Å². The predicted octanol–water partition coefficient (Wildman–Crippen LogP) is -3.60. The fraction of sp³-hybridized carbons (Fsp3) is 0.333. The highest BCUT2D eigenvalue weighted by atomic mass is 16.3. The van der Waals surface area contributed by atoms with Gasteiger partial charge in [0.05, 0.1) is 24.8 Å². The number of rotatable bonds is 9. The van der Waals surface area contributed by atoms with Gasteiger partial charge in [-0.25, -0.2) is 23.9 Å². The first-order valence-electron chi connectivity index (χ1n) is 12.5. The van der Waals surface area contributed by atoms with E-state index in [1.807, 2.05) is 43.6 Å². The van der Waals surface area contributed by atoms with Crippen LogP contribution < -0.4 is 41.2 Å². The van der Waals surface area contributed by atoms with Crippen molar-refractivity contribution in [3.63, 3.8) is 0 Å². The Morgan fingerprint density at radius 3 is 2.92 bits per heavy atom. The molecule has 5 rings (SSSR count). The van der Waals surface area contributed by atoms with E-state index in [1.54, 1.807) is 17.1 Å². The van der Waals surface area contributed by atoms with Gasteiger partial charge in [0, 0.05) is 37.7 Å². The van der Waals surface area contributed by atoms with E-state index >= 15 is 0 Å². The highest BCUT2D eigenvalue weighted by molar-refractivity contribution is 6.10. The number of imidazole rings is 1. The number of carbonyl (C=O) groups excluding carboxylic acids is 2. The number of fused-ring (bicyclic) bond motifs is 2. The van der Waals surface area contributed by atoms with E-state index < -0.39 is 5.91 Å². The van der Waals surface area contributed by atoms with Crippen molar-refractivity contribution >= 4 is 29.7 Å². The first-order chi connectivity index (χ1) is 17.9. The molecule has 1 aromatic carbocycles. The predicted molar refractivity (Wildman–Crippen MR) is 136 cm³/mol. The number of hydrogen-bond acceptors (Lipinski definition) is 4. The number of para-hydroxylation sites is 2. The molecule has 2 amide bonds. The third kappa shape index (κ3) is 5.19. The van der Waals surface area contributed by atoms with E-state index in [0.717, 1.165) is 27.0 Å². The monoisotopic (exact) mass is 502 g/mol. The van der Waals surface area contributed by atoms with Gasteiger partial charge >= 0.3 is 5.91 Å². The summed E-state index contributed by atoms with van der Waals surface area (Å²) in [6, 6.07) is 9.88. The van der Waals surface area contributed by atoms with Crippen molar-refractivity contribution in [3.05, 3.63) is 76.0 Å². The third-order valence-electron chi connectivity index (χ3n) is 7.07. The summed E-state index contributed by atoms with van der Waals surface area (Å²) in [6.45, 7) is 0.591. The van der Waals surface area contributed by atoms with E-state index in [2.05, 4.69) is 31.3 Å². The molecule has 2 aromatic heterocycles. The Morgan fingerprint density at radius 1 is 1.32 bits per heavy atom. The van der Waals surface area contributed by atoms with Gasteiger partial charge in [0.1, 0.15) is 24.6 Å². The van der Waals surface area contributed by atoms with Gasteiger partial charge in [-0.05, 0) is 17.4 Å². The molecule has 190 valence electrons. The second-order valence-corrected chi connectivity index (χ2v) is 9.48. The van der Waals surface area contributed by atoms with Crippen molar-refractivity contribution in [1.29, 1.82) is 0 Å². The number of hydrogen-bond donors (Lipinski definition) is 4. The topological polar surface area (TPSA) is 134 Å². The van der Waals surface area contributed by atoms with Gasteiger partial charge in [-0.15, -0.1) is 0 Å². The minimum atomic E-state index is -0.542. The van der Waals surface area contributed by atoms with Crippen LogP contribution in [0.1, 0.15) is 42.2 Å². The van der Waals surface area contributed by atoms with E-state index in [-0.39, 0.29) is 24.7 Å². The quantitative estimate of drug-likeness (QED) is 0.225. The minimum absolute atomic E-state index is 0.0183. The molecule has 10 nitrogen and oxygen atoms in total. The summed E-state index contributed by atoms with van der Waals surface area (Å²) in [6.07, 6.45) is 11.7. The third-order valence-corrected chi connectivity index (χ3v) is 7.07. The Kier molecular flexibility index (Phi) is 6.91. The number of nitrogens with two attached hydrogens (primary N) is 1. The molecule has 5 N–H and O–H groups in total. The van der Waals surface area contributed by atoms with Crippen molar-refractivity contribution in [2.45, 2.75) is 44.4 Å². The molecule has 0 saturated carbocycles. The first-order valence-corrected chi connectivity index (χ1v) is 12.5. The Hall–Kier alpha value is -4.18. The van der Waals surface area contributed by atoms with Crippen molar-refractivity contribution in [3.8, 4) is 0 Å². The van der Waals surface area contributed by atoms with Crippen LogP contribution in [-0.2, 0) is 11.3 Å². The summed E-state index contributed by atoms with van der Waals surface area (Å²) < 4.78 is 6.01. The van der Waals surface area contributed by atoms with Gasteiger partial charge in [-0.3, -0.25) is 4.79 Å². The molecule has 0 radical (unpaired) electrons. The molecule has 3 heterocycles. The summed E-state index contributed by atoms with van der Waals surface area (Å²) in [5.41, 5.74) is 6.48. The zero-order chi connectivity index (χ0) is 25.9. The van der Waals surface area contributed by atoms with Crippen LogP contribution in [-0.4, -0.2) is 52.0 Å². The number of nitrogens with one attached hydrogen (secondary N) is 2. The van der Waals surface area contributed by atoms with Crippen molar-refractivity contribution in [1.82, 2.24) is 14.1 Å². The average molecular weight is 503 g/mol. The van der Waals surface area contributed by atoms with Crippen molar-refractivity contribution in [2.24, 2.45) is 10.7 Å². The van der Waals surface area contributed by atoms with Crippen LogP contribution in [0.15, 0.2) is 54.0 Å². The standard InChI is InChI=1S/C27H29N7O3/c1-32-23-5-3-2-4-21(23)31-25(32)8-9-26(36)30-19-7-6-18-10-12-33(24(18)14-19)13-11-20(16-35)34-15-22(27(28)37)29-17-34/h2-6,10,12,14-15,17,20,25,35H,7-9,11,13,16H2,1H3,(H-,28,37)/p+3/t20-,25?/m0/s1. The Labute approximate surface area is 213 Å². The number of aromatic amines is 1. The highest BCUT2D eigenvalue weighted by Gasteiger charge is 2.25. The van der Waals surface area contributed by atoms with E-state index in [4.69, 9.17) is 10.7 Å². The molecule has 2 aliphatic rings. The molecule has 0 saturated heterocycles. The molecular formula is C27H32N7O3+3. The maximum atomic E-state index is 12.7. The zero-order valence-electron chi connectivity index (χ0n) is 20.8. The molecule has 37 heavy (non-hydrogen) atoms. The zero-order valence-corrected chi connectivity index (χ0v) is 20.8. The molecule has 0 spiro atoms. The summed E-state index contributed by atoms with van der Waals surface area (Å²) >= 11 is 0. The second kappa shape index (κ2) is 10.4. The molecule has 1 aliphatic carbocycles. The largest absolute Gasteiger partial charge is 0.392 e. The minimum Gasteiger partial charge on any atom is -0.392 e. The van der Waals surface area contributed by atoms with Crippen LogP contribution >= 0.6 is 0 Å². The number of nitrogens with zero attached hydrogens (tertiary/aromatic N) is 4. The van der Waals surface area contributed by atoms with E-state index in [9.17, 15) is 14.7 Å². The van der Waals surface area contributed by atoms with Crippen LogP contribution in [0.3, 0.4) is 0 Å². The smallest absolute Gasteiger partial charge is 0.385 e.